The average Bonchev–Trinajstić information content (AvgIpc) is 2.82. The monoisotopic (exact) mass is 512 g/mol. The largest absolute Gasteiger partial charge is 0.481 e. The maximum atomic E-state index is 11.0. The Bertz CT molecular complexity index is 550. The van der Waals surface area contributed by atoms with E-state index in [2.05, 4.69) is 19.1 Å². The Labute approximate surface area is 219 Å². The highest BCUT2D eigenvalue weighted by Gasteiger charge is 2.26. The molecule has 7 heteroatoms. The fraction of sp³-hybridized carbons (Fsp3) is 0.828. The molecule has 0 amide bonds. The molecule has 0 fully saturated rings. The van der Waals surface area contributed by atoms with E-state index in [0.29, 0.717) is 19.3 Å². The predicted octanol–water partition coefficient (Wildman–Crippen LogP) is 7.05. The summed E-state index contributed by atoms with van der Waals surface area (Å²) in [6.45, 7) is 5.75. The first-order valence-corrected chi connectivity index (χ1v) is 14.4. The first-order chi connectivity index (χ1) is 17.3. The van der Waals surface area contributed by atoms with E-state index in [0.717, 1.165) is 56.3 Å². The van der Waals surface area contributed by atoms with Crippen molar-refractivity contribution in [3.8, 4) is 0 Å². The maximum absolute atomic E-state index is 11.0. The zero-order valence-electron chi connectivity index (χ0n) is 22.9. The molecule has 0 atom stereocenters. The minimum absolute atomic E-state index is 0.174. The minimum Gasteiger partial charge on any atom is -0.481 e. The van der Waals surface area contributed by atoms with E-state index in [-0.39, 0.29) is 19.3 Å². The highest BCUT2D eigenvalue weighted by atomic mass is 16.4. The van der Waals surface area contributed by atoms with Crippen molar-refractivity contribution in [2.75, 3.05) is 26.2 Å². The molecule has 0 aliphatic carbocycles. The van der Waals surface area contributed by atoms with E-state index in [1.807, 2.05) is 0 Å². The Morgan fingerprint density at radius 3 is 1.14 bits per heavy atom. The van der Waals surface area contributed by atoms with E-state index in [1.54, 1.807) is 0 Å². The average molecular weight is 513 g/mol. The van der Waals surface area contributed by atoms with Crippen LogP contribution >= 0.6 is 0 Å². The Morgan fingerprint density at radius 2 is 0.806 bits per heavy atom. The second kappa shape index (κ2) is 23.5. The van der Waals surface area contributed by atoms with Crippen LogP contribution in [0.5, 0.6) is 0 Å². The number of aliphatic carboxylic acids is 3. The summed E-state index contributed by atoms with van der Waals surface area (Å²) in [6.07, 6.45) is 21.8. The molecular weight excluding hydrogens is 458 g/mol. The number of allylic oxidation sites excluding steroid dienone is 2. The van der Waals surface area contributed by atoms with E-state index in [9.17, 15) is 14.4 Å². The quantitative estimate of drug-likeness (QED) is 0.0618. The van der Waals surface area contributed by atoms with Gasteiger partial charge < -0.3 is 19.8 Å². The molecule has 0 aliphatic rings. The molecule has 210 valence electrons. The number of quaternary nitrogens is 1. The summed E-state index contributed by atoms with van der Waals surface area (Å²) in [7, 11) is 0. The third-order valence-electron chi connectivity index (χ3n) is 7.06. The van der Waals surface area contributed by atoms with Crippen LogP contribution in [0.2, 0.25) is 0 Å². The number of hydrogen-bond acceptors (Lipinski definition) is 3. The normalized spacial score (nSPS) is 11.8. The van der Waals surface area contributed by atoms with Crippen LogP contribution < -0.4 is 0 Å². The predicted molar refractivity (Wildman–Crippen MR) is 145 cm³/mol. The number of nitrogens with zero attached hydrogens (tertiary/aromatic N) is 1. The number of hydrogen-bond donors (Lipinski definition) is 3. The first kappa shape index (κ1) is 34.1. The lowest BCUT2D eigenvalue weighted by atomic mass is 10.0. The van der Waals surface area contributed by atoms with Crippen LogP contribution in [0.25, 0.3) is 0 Å². The van der Waals surface area contributed by atoms with E-state index >= 15 is 0 Å². The van der Waals surface area contributed by atoms with Gasteiger partial charge in [0, 0.05) is 19.3 Å². The van der Waals surface area contributed by atoms with Crippen molar-refractivity contribution in [1.82, 2.24) is 0 Å². The van der Waals surface area contributed by atoms with Gasteiger partial charge in [-0.2, -0.15) is 0 Å². The number of carboxylic acids is 3. The molecule has 0 rings (SSSR count). The van der Waals surface area contributed by atoms with Crippen molar-refractivity contribution >= 4 is 17.9 Å². The molecule has 0 unspecified atom stereocenters. The fourth-order valence-corrected chi connectivity index (χ4v) is 4.95. The van der Waals surface area contributed by atoms with Gasteiger partial charge in [0.15, 0.2) is 0 Å². The second-order valence-corrected chi connectivity index (χ2v) is 10.3. The standard InChI is InChI=1S/C29H53NO6/c1-2-3-4-5-6-7-8-9-10-11-12-16-23-30(24-17-13-20-27(31)32,25-18-14-21-28(33)34)26-19-15-22-29(35)36/h2-3H,4-26H2,1H3,(H2-,31,32,33,34,35,36)/p+1/b3-2+. The minimum atomic E-state index is -0.770. The first-order valence-electron chi connectivity index (χ1n) is 14.4. The van der Waals surface area contributed by atoms with Gasteiger partial charge >= 0.3 is 17.9 Å². The maximum Gasteiger partial charge on any atom is 0.303 e. The summed E-state index contributed by atoms with van der Waals surface area (Å²) in [6, 6.07) is 0. The lowest BCUT2D eigenvalue weighted by Gasteiger charge is -2.39. The molecule has 0 aromatic carbocycles. The fourth-order valence-electron chi connectivity index (χ4n) is 4.95. The van der Waals surface area contributed by atoms with Crippen molar-refractivity contribution in [3.05, 3.63) is 12.2 Å². The molecule has 0 saturated heterocycles. The molecule has 0 spiro atoms. The molecule has 0 radical (unpaired) electrons. The highest BCUT2D eigenvalue weighted by Crippen LogP contribution is 2.19. The number of carbonyl (C=O) groups is 3. The van der Waals surface area contributed by atoms with Crippen LogP contribution in [-0.4, -0.2) is 63.9 Å². The van der Waals surface area contributed by atoms with Gasteiger partial charge in [-0.25, -0.2) is 0 Å². The van der Waals surface area contributed by atoms with Crippen LogP contribution in [0.1, 0.15) is 129 Å². The summed E-state index contributed by atoms with van der Waals surface area (Å²) < 4.78 is 0.866. The van der Waals surface area contributed by atoms with Gasteiger partial charge in [0.05, 0.1) is 26.2 Å². The van der Waals surface area contributed by atoms with Crippen LogP contribution in [0.15, 0.2) is 12.2 Å². The van der Waals surface area contributed by atoms with Gasteiger partial charge in [-0.3, -0.25) is 14.4 Å². The molecule has 0 bridgehead atoms. The zero-order valence-corrected chi connectivity index (χ0v) is 22.9. The summed E-state index contributed by atoms with van der Waals surface area (Å²) in [5.41, 5.74) is 0. The number of unbranched alkanes of at least 4 members (excludes halogenated alkanes) is 12. The van der Waals surface area contributed by atoms with Gasteiger partial charge in [0.1, 0.15) is 0 Å². The van der Waals surface area contributed by atoms with Gasteiger partial charge in [0.25, 0.3) is 0 Å². The smallest absolute Gasteiger partial charge is 0.303 e. The Balaban J connectivity index is 4.63. The lowest BCUT2D eigenvalue weighted by molar-refractivity contribution is -0.929. The zero-order chi connectivity index (χ0) is 26.9. The molecule has 3 N–H and O–H groups in total. The highest BCUT2D eigenvalue weighted by molar-refractivity contribution is 5.67. The summed E-state index contributed by atoms with van der Waals surface area (Å²) in [5, 5.41) is 27.0. The molecule has 36 heavy (non-hydrogen) atoms. The lowest BCUT2D eigenvalue weighted by Crippen LogP contribution is -2.51. The van der Waals surface area contributed by atoms with Gasteiger partial charge in [-0.15, -0.1) is 0 Å². The topological polar surface area (TPSA) is 112 Å². The molecule has 0 aromatic heterocycles. The third kappa shape index (κ3) is 22.6. The Morgan fingerprint density at radius 1 is 0.500 bits per heavy atom. The Hall–Kier alpha value is -1.89. The van der Waals surface area contributed by atoms with Gasteiger partial charge in [0.2, 0.25) is 0 Å². The Kier molecular flexibility index (Phi) is 22.3. The molecule has 7 nitrogen and oxygen atoms in total. The van der Waals surface area contributed by atoms with E-state index < -0.39 is 17.9 Å². The molecule has 0 aromatic rings. The summed E-state index contributed by atoms with van der Waals surface area (Å²) in [4.78, 5) is 32.9. The van der Waals surface area contributed by atoms with Crippen LogP contribution in [0.4, 0.5) is 0 Å². The van der Waals surface area contributed by atoms with Crippen LogP contribution in [0.3, 0.4) is 0 Å². The van der Waals surface area contributed by atoms with Crippen molar-refractivity contribution in [1.29, 1.82) is 0 Å². The van der Waals surface area contributed by atoms with Crippen LogP contribution in [-0.2, 0) is 14.4 Å². The van der Waals surface area contributed by atoms with E-state index in [1.165, 1.54) is 57.8 Å². The summed E-state index contributed by atoms with van der Waals surface area (Å²) in [5.74, 6) is -2.31. The molecule has 0 heterocycles. The third-order valence-corrected chi connectivity index (χ3v) is 7.06. The van der Waals surface area contributed by atoms with Gasteiger partial charge in [-0.1, -0.05) is 50.7 Å². The van der Waals surface area contributed by atoms with Crippen molar-refractivity contribution in [2.24, 2.45) is 0 Å². The molecule has 0 saturated carbocycles. The van der Waals surface area contributed by atoms with Crippen molar-refractivity contribution in [3.63, 3.8) is 0 Å². The van der Waals surface area contributed by atoms with Gasteiger partial charge in [-0.05, 0) is 71.1 Å². The van der Waals surface area contributed by atoms with Crippen molar-refractivity contribution in [2.45, 2.75) is 129 Å². The SMILES string of the molecule is C/C=C/CCCCCCCCCCC[N+](CCCCC(=O)O)(CCCCC(=O)O)CCCCC(=O)O. The molecule has 0 aliphatic heterocycles. The molecular formula is C29H54NO6+. The second-order valence-electron chi connectivity index (χ2n) is 10.3. The van der Waals surface area contributed by atoms with E-state index in [4.69, 9.17) is 15.3 Å². The van der Waals surface area contributed by atoms with Crippen LogP contribution in [0, 0.1) is 0 Å². The number of rotatable bonds is 27. The summed E-state index contributed by atoms with van der Waals surface area (Å²) >= 11 is 0. The van der Waals surface area contributed by atoms with Crippen molar-refractivity contribution < 1.29 is 34.2 Å². The number of carboxylic acid groups (broad SMARTS) is 3.